The highest BCUT2D eigenvalue weighted by atomic mass is 127. The predicted molar refractivity (Wildman–Crippen MR) is 61.4 cm³/mol. The number of rotatable bonds is 2. The molecule has 0 aliphatic rings. The zero-order chi connectivity index (χ0) is 10.8. The molecule has 0 radical (unpaired) electrons. The highest BCUT2D eigenvalue weighted by Crippen LogP contribution is 2.25. The zero-order valence-corrected chi connectivity index (χ0v) is 10.6. The van der Waals surface area contributed by atoms with E-state index >= 15 is 0 Å². The van der Waals surface area contributed by atoms with E-state index in [0.29, 0.717) is 10.2 Å². The monoisotopic (exact) mass is 379 g/mol. The second kappa shape index (κ2) is 4.69. The largest absolute Gasteiger partial charge is 0.405 e. The molecule has 1 rings (SSSR count). The summed E-state index contributed by atoms with van der Waals surface area (Å²) in [6, 6.07) is 5.10. The van der Waals surface area contributed by atoms with Crippen LogP contribution >= 0.6 is 38.5 Å². The third-order valence-corrected chi connectivity index (χ3v) is 2.74. The van der Waals surface area contributed by atoms with Crippen molar-refractivity contribution in [3.05, 3.63) is 26.2 Å². The van der Waals surface area contributed by atoms with Crippen molar-refractivity contribution in [3.63, 3.8) is 0 Å². The van der Waals surface area contributed by atoms with Crippen molar-refractivity contribution in [2.75, 3.05) is 11.9 Å². The molecule has 0 atom stereocenters. The quantitative estimate of drug-likeness (QED) is 0.765. The van der Waals surface area contributed by atoms with Gasteiger partial charge < -0.3 is 5.32 Å². The molecule has 0 spiro atoms. The molecule has 0 fully saturated rings. The Bertz CT molecular complexity index is 327. The van der Waals surface area contributed by atoms with E-state index in [2.05, 4.69) is 43.8 Å². The van der Waals surface area contributed by atoms with Crippen LogP contribution in [-0.2, 0) is 0 Å². The number of hydrogen-bond acceptors (Lipinski definition) is 1. The maximum Gasteiger partial charge on any atom is 0.405 e. The highest BCUT2D eigenvalue weighted by Gasteiger charge is 2.26. The van der Waals surface area contributed by atoms with Gasteiger partial charge in [0.25, 0.3) is 0 Å². The fourth-order valence-corrected chi connectivity index (χ4v) is 2.27. The molecule has 1 aromatic carbocycles. The van der Waals surface area contributed by atoms with E-state index in [0.717, 1.165) is 3.57 Å². The molecule has 6 heteroatoms. The van der Waals surface area contributed by atoms with E-state index in [1.165, 1.54) is 0 Å². The minimum absolute atomic E-state index is 0.447. The number of alkyl halides is 3. The maximum absolute atomic E-state index is 11.9. The smallest absolute Gasteiger partial charge is 0.376 e. The van der Waals surface area contributed by atoms with Crippen LogP contribution in [0.15, 0.2) is 22.7 Å². The van der Waals surface area contributed by atoms with Gasteiger partial charge in [0.1, 0.15) is 6.54 Å². The number of benzene rings is 1. The van der Waals surface area contributed by atoms with Crippen LogP contribution in [0.2, 0.25) is 0 Å². The average molecular weight is 380 g/mol. The lowest BCUT2D eigenvalue weighted by Gasteiger charge is -2.10. The molecule has 0 aliphatic heterocycles. The third kappa shape index (κ3) is 4.04. The summed E-state index contributed by atoms with van der Waals surface area (Å²) in [5.41, 5.74) is 0.447. The van der Waals surface area contributed by atoms with Crippen LogP contribution in [0, 0.1) is 3.57 Å². The summed E-state index contributed by atoms with van der Waals surface area (Å²) in [6.07, 6.45) is -4.19. The lowest BCUT2D eigenvalue weighted by Crippen LogP contribution is -2.21. The molecule has 0 aliphatic carbocycles. The summed E-state index contributed by atoms with van der Waals surface area (Å²) in [5, 5.41) is 2.30. The van der Waals surface area contributed by atoms with Crippen molar-refractivity contribution in [1.29, 1.82) is 0 Å². The zero-order valence-electron chi connectivity index (χ0n) is 6.83. The summed E-state index contributed by atoms with van der Waals surface area (Å²) in [5.74, 6) is 0. The number of anilines is 1. The first-order chi connectivity index (χ1) is 6.38. The molecule has 0 saturated heterocycles. The molecule has 0 amide bonds. The fourth-order valence-electron chi connectivity index (χ4n) is 0.828. The minimum Gasteiger partial charge on any atom is -0.376 e. The number of halogens is 5. The predicted octanol–water partition coefficient (Wildman–Crippen LogP) is 4.03. The summed E-state index contributed by atoms with van der Waals surface area (Å²) < 4.78 is 37.2. The Hall–Kier alpha value is 0.0200. The molecular formula is C8H6BrF3IN. The average Bonchev–Trinajstić information content (AvgIpc) is 2.00. The minimum atomic E-state index is -4.19. The summed E-state index contributed by atoms with van der Waals surface area (Å²) in [7, 11) is 0. The standard InChI is InChI=1S/C8H6BrF3IN/c9-6-3-5(13)1-2-7(6)14-4-8(10,11)12/h1-3,14H,4H2. The number of hydrogen-bond donors (Lipinski definition) is 1. The van der Waals surface area contributed by atoms with Crippen LogP contribution in [0.25, 0.3) is 0 Å². The van der Waals surface area contributed by atoms with Gasteiger partial charge in [-0.05, 0) is 56.7 Å². The van der Waals surface area contributed by atoms with Crippen LogP contribution in [0.3, 0.4) is 0 Å². The summed E-state index contributed by atoms with van der Waals surface area (Å²) in [4.78, 5) is 0. The van der Waals surface area contributed by atoms with Crippen LogP contribution in [0.1, 0.15) is 0 Å². The van der Waals surface area contributed by atoms with E-state index in [4.69, 9.17) is 0 Å². The van der Waals surface area contributed by atoms with Crippen LogP contribution in [0.4, 0.5) is 18.9 Å². The lowest BCUT2D eigenvalue weighted by atomic mass is 10.3. The van der Waals surface area contributed by atoms with Gasteiger partial charge in [0.05, 0.1) is 0 Å². The number of nitrogens with one attached hydrogen (secondary N) is 1. The van der Waals surface area contributed by atoms with Gasteiger partial charge in [-0.2, -0.15) is 13.2 Å². The first-order valence-corrected chi connectivity index (χ1v) is 5.51. The molecule has 1 aromatic rings. The lowest BCUT2D eigenvalue weighted by molar-refractivity contribution is -0.115. The molecule has 1 N–H and O–H groups in total. The van der Waals surface area contributed by atoms with Gasteiger partial charge in [-0.1, -0.05) is 0 Å². The van der Waals surface area contributed by atoms with Crippen LogP contribution in [-0.4, -0.2) is 12.7 Å². The van der Waals surface area contributed by atoms with Gasteiger partial charge >= 0.3 is 6.18 Å². The molecule has 0 unspecified atom stereocenters. The van der Waals surface area contributed by atoms with Gasteiger partial charge in [-0.25, -0.2) is 0 Å². The van der Waals surface area contributed by atoms with Gasteiger partial charge in [0.15, 0.2) is 0 Å². The Labute approximate surface area is 101 Å². The van der Waals surface area contributed by atoms with E-state index in [1.807, 2.05) is 0 Å². The molecule has 14 heavy (non-hydrogen) atoms. The SMILES string of the molecule is FC(F)(F)CNc1ccc(I)cc1Br. The topological polar surface area (TPSA) is 12.0 Å². The Morgan fingerprint density at radius 1 is 1.36 bits per heavy atom. The van der Waals surface area contributed by atoms with Crippen molar-refractivity contribution in [1.82, 2.24) is 0 Å². The highest BCUT2D eigenvalue weighted by molar-refractivity contribution is 14.1. The summed E-state index contributed by atoms with van der Waals surface area (Å²) >= 11 is 5.27. The molecule has 0 bridgehead atoms. The first-order valence-electron chi connectivity index (χ1n) is 3.64. The molecule has 0 saturated carbocycles. The van der Waals surface area contributed by atoms with Crippen molar-refractivity contribution >= 4 is 44.2 Å². The Morgan fingerprint density at radius 2 is 2.00 bits per heavy atom. The molecule has 0 heterocycles. The first kappa shape index (κ1) is 12.1. The van der Waals surface area contributed by atoms with Gasteiger partial charge in [0, 0.05) is 13.7 Å². The van der Waals surface area contributed by atoms with Gasteiger partial charge in [0.2, 0.25) is 0 Å². The van der Waals surface area contributed by atoms with Crippen LogP contribution in [0.5, 0.6) is 0 Å². The summed E-state index contributed by atoms with van der Waals surface area (Å²) in [6.45, 7) is -1.02. The van der Waals surface area contributed by atoms with Crippen molar-refractivity contribution in [2.24, 2.45) is 0 Å². The van der Waals surface area contributed by atoms with E-state index in [-0.39, 0.29) is 0 Å². The third-order valence-electron chi connectivity index (χ3n) is 1.41. The van der Waals surface area contributed by atoms with E-state index < -0.39 is 12.7 Å². The molecule has 78 valence electrons. The van der Waals surface area contributed by atoms with E-state index in [1.54, 1.807) is 18.2 Å². The Kier molecular flexibility index (Phi) is 4.05. The van der Waals surface area contributed by atoms with Gasteiger partial charge in [-0.15, -0.1) is 0 Å². The van der Waals surface area contributed by atoms with Crippen molar-refractivity contribution in [3.8, 4) is 0 Å². The second-order valence-corrected chi connectivity index (χ2v) is 4.69. The Balaban J connectivity index is 2.68. The fraction of sp³-hybridized carbons (Fsp3) is 0.250. The van der Waals surface area contributed by atoms with Crippen molar-refractivity contribution < 1.29 is 13.2 Å². The van der Waals surface area contributed by atoms with Crippen molar-refractivity contribution in [2.45, 2.75) is 6.18 Å². The molecule has 0 aromatic heterocycles. The normalized spacial score (nSPS) is 11.5. The van der Waals surface area contributed by atoms with E-state index in [9.17, 15) is 13.2 Å². The Morgan fingerprint density at radius 3 is 2.50 bits per heavy atom. The van der Waals surface area contributed by atoms with Crippen LogP contribution < -0.4 is 5.32 Å². The second-order valence-electron chi connectivity index (χ2n) is 2.59. The molecular weight excluding hydrogens is 374 g/mol. The molecule has 1 nitrogen and oxygen atoms in total. The maximum atomic E-state index is 11.9. The van der Waals surface area contributed by atoms with Gasteiger partial charge in [-0.3, -0.25) is 0 Å².